The third kappa shape index (κ3) is 5.01. The summed E-state index contributed by atoms with van der Waals surface area (Å²) < 4.78 is 95.1. The van der Waals surface area contributed by atoms with Gasteiger partial charge < -0.3 is 5.32 Å². The number of benzene rings is 2. The number of carbonyl (C=O) groups is 1. The summed E-state index contributed by atoms with van der Waals surface area (Å²) in [6.45, 7) is -1.44. The average molecular weight is 442 g/mol. The second kappa shape index (κ2) is 8.37. The van der Waals surface area contributed by atoms with Crippen molar-refractivity contribution in [2.24, 2.45) is 0 Å². The molecule has 0 atom stereocenters. The van der Waals surface area contributed by atoms with Crippen LogP contribution in [0.2, 0.25) is 0 Å². The van der Waals surface area contributed by atoms with Crippen molar-refractivity contribution in [1.29, 1.82) is 0 Å². The van der Waals surface area contributed by atoms with Crippen LogP contribution in [0.4, 0.5) is 30.7 Å². The third-order valence-corrected chi connectivity index (χ3v) is 4.33. The van der Waals surface area contributed by atoms with Crippen molar-refractivity contribution in [1.82, 2.24) is 10.3 Å². The summed E-state index contributed by atoms with van der Waals surface area (Å²) in [7, 11) is 0. The van der Waals surface area contributed by atoms with Gasteiger partial charge in [0.1, 0.15) is 11.6 Å². The van der Waals surface area contributed by atoms with Crippen LogP contribution in [0, 0.1) is 11.6 Å². The standard InChI is InChI=1S/C21H13F7N2O/c22-14-6-3-12(4-7-14)13-5-8-16(17(23)10-13)20(24,25)11-30-19(31)15-2-1-9-29-18(15)21(26,27)28/h1-10H,11H2,(H,30,31). The Morgan fingerprint density at radius 2 is 1.55 bits per heavy atom. The van der Waals surface area contributed by atoms with E-state index >= 15 is 0 Å². The van der Waals surface area contributed by atoms with E-state index in [1.165, 1.54) is 18.2 Å². The quantitative estimate of drug-likeness (QED) is 0.526. The summed E-state index contributed by atoms with van der Waals surface area (Å²) in [4.78, 5) is 15.1. The van der Waals surface area contributed by atoms with Crippen molar-refractivity contribution in [3.8, 4) is 11.1 Å². The summed E-state index contributed by atoms with van der Waals surface area (Å²) in [6.07, 6.45) is -4.15. The first-order valence-electron chi connectivity index (χ1n) is 8.73. The molecule has 0 spiro atoms. The van der Waals surface area contributed by atoms with Gasteiger partial charge in [0, 0.05) is 6.20 Å². The lowest BCUT2D eigenvalue weighted by atomic mass is 10.0. The molecule has 0 aliphatic rings. The van der Waals surface area contributed by atoms with E-state index in [9.17, 15) is 35.5 Å². The monoisotopic (exact) mass is 442 g/mol. The SMILES string of the molecule is O=C(NCC(F)(F)c1ccc(-c2ccc(F)cc2)cc1F)c1cccnc1C(F)(F)F. The number of nitrogens with zero attached hydrogens (tertiary/aromatic N) is 1. The number of hydrogen-bond donors (Lipinski definition) is 1. The number of halogens is 7. The van der Waals surface area contributed by atoms with Gasteiger partial charge in [-0.3, -0.25) is 9.78 Å². The third-order valence-electron chi connectivity index (χ3n) is 4.33. The lowest BCUT2D eigenvalue weighted by Crippen LogP contribution is -2.36. The molecule has 3 rings (SSSR count). The van der Waals surface area contributed by atoms with Crippen LogP contribution in [0.15, 0.2) is 60.8 Å². The first-order chi connectivity index (χ1) is 14.5. The maximum absolute atomic E-state index is 14.5. The van der Waals surface area contributed by atoms with Gasteiger partial charge in [-0.25, -0.2) is 8.78 Å². The van der Waals surface area contributed by atoms with Crippen molar-refractivity contribution in [3.05, 3.63) is 89.2 Å². The summed E-state index contributed by atoms with van der Waals surface area (Å²) in [5, 5.41) is 1.69. The molecule has 2 aromatic carbocycles. The maximum atomic E-state index is 14.5. The molecule has 0 saturated carbocycles. The minimum Gasteiger partial charge on any atom is -0.346 e. The van der Waals surface area contributed by atoms with E-state index < -0.39 is 53.0 Å². The van der Waals surface area contributed by atoms with Gasteiger partial charge in [0.2, 0.25) is 0 Å². The van der Waals surface area contributed by atoms with Gasteiger partial charge >= 0.3 is 6.18 Å². The minimum atomic E-state index is -4.96. The molecule has 1 heterocycles. The summed E-state index contributed by atoms with van der Waals surface area (Å²) in [5.74, 6) is -7.16. The molecule has 1 amide bonds. The molecule has 3 aromatic rings. The molecule has 1 aromatic heterocycles. The van der Waals surface area contributed by atoms with Crippen molar-refractivity contribution in [2.75, 3.05) is 6.54 Å². The van der Waals surface area contributed by atoms with Gasteiger partial charge in [-0.05, 0) is 47.5 Å². The van der Waals surface area contributed by atoms with Crippen molar-refractivity contribution in [3.63, 3.8) is 0 Å². The molecule has 0 radical (unpaired) electrons. The number of amides is 1. The molecule has 3 nitrogen and oxygen atoms in total. The van der Waals surface area contributed by atoms with E-state index in [1.807, 2.05) is 0 Å². The Kier molecular flexibility index (Phi) is 6.01. The number of rotatable bonds is 5. The van der Waals surface area contributed by atoms with E-state index in [4.69, 9.17) is 0 Å². The molecule has 0 aliphatic heterocycles. The summed E-state index contributed by atoms with van der Waals surface area (Å²) >= 11 is 0. The molecule has 162 valence electrons. The Morgan fingerprint density at radius 1 is 0.903 bits per heavy atom. The van der Waals surface area contributed by atoms with Crippen LogP contribution in [0.3, 0.4) is 0 Å². The van der Waals surface area contributed by atoms with E-state index in [0.29, 0.717) is 5.56 Å². The topological polar surface area (TPSA) is 42.0 Å². The van der Waals surface area contributed by atoms with Gasteiger partial charge in [-0.2, -0.15) is 22.0 Å². The number of nitrogens with one attached hydrogen (secondary N) is 1. The van der Waals surface area contributed by atoms with E-state index in [0.717, 1.165) is 42.6 Å². The predicted octanol–water partition coefficient (Wildman–Crippen LogP) is 5.57. The van der Waals surface area contributed by atoms with Gasteiger partial charge in [0.15, 0.2) is 5.69 Å². The zero-order chi connectivity index (χ0) is 22.8. The molecule has 31 heavy (non-hydrogen) atoms. The Labute approximate surface area is 171 Å². The van der Waals surface area contributed by atoms with Gasteiger partial charge in [0.25, 0.3) is 11.8 Å². The highest BCUT2D eigenvalue weighted by atomic mass is 19.4. The second-order valence-electron chi connectivity index (χ2n) is 6.49. The first-order valence-corrected chi connectivity index (χ1v) is 8.73. The number of alkyl halides is 5. The van der Waals surface area contributed by atoms with Crippen LogP contribution < -0.4 is 5.32 Å². The smallest absolute Gasteiger partial charge is 0.346 e. The van der Waals surface area contributed by atoms with Crippen LogP contribution in [-0.2, 0) is 12.1 Å². The minimum absolute atomic E-state index is 0.214. The number of aromatic nitrogens is 1. The predicted molar refractivity (Wildman–Crippen MR) is 97.3 cm³/mol. The molecule has 0 unspecified atom stereocenters. The Morgan fingerprint density at radius 3 is 2.16 bits per heavy atom. The molecular formula is C21H13F7N2O. The van der Waals surface area contributed by atoms with Crippen LogP contribution in [0.1, 0.15) is 21.6 Å². The highest BCUT2D eigenvalue weighted by Gasteiger charge is 2.39. The van der Waals surface area contributed by atoms with E-state index in [2.05, 4.69) is 4.98 Å². The van der Waals surface area contributed by atoms with Crippen LogP contribution in [0.5, 0.6) is 0 Å². The Bertz CT molecular complexity index is 1100. The zero-order valence-corrected chi connectivity index (χ0v) is 15.5. The lowest BCUT2D eigenvalue weighted by Gasteiger charge is -2.19. The Hall–Kier alpha value is -3.43. The van der Waals surface area contributed by atoms with Crippen LogP contribution >= 0.6 is 0 Å². The molecule has 0 bridgehead atoms. The highest BCUT2D eigenvalue weighted by Crippen LogP contribution is 2.33. The average Bonchev–Trinajstić information content (AvgIpc) is 2.71. The van der Waals surface area contributed by atoms with Crippen LogP contribution in [-0.4, -0.2) is 17.4 Å². The van der Waals surface area contributed by atoms with Gasteiger partial charge in [-0.1, -0.05) is 18.2 Å². The summed E-state index contributed by atoms with van der Waals surface area (Å²) in [5.41, 5.74) is -2.91. The molecule has 0 aliphatic carbocycles. The number of carbonyl (C=O) groups excluding carboxylic acids is 1. The molecular weight excluding hydrogens is 429 g/mol. The van der Waals surface area contributed by atoms with Gasteiger partial charge in [-0.15, -0.1) is 0 Å². The maximum Gasteiger partial charge on any atom is 0.434 e. The van der Waals surface area contributed by atoms with E-state index in [-0.39, 0.29) is 5.56 Å². The molecule has 0 fully saturated rings. The highest BCUT2D eigenvalue weighted by molar-refractivity contribution is 5.95. The van der Waals surface area contributed by atoms with Crippen LogP contribution in [0.25, 0.3) is 11.1 Å². The van der Waals surface area contributed by atoms with Crippen molar-refractivity contribution in [2.45, 2.75) is 12.1 Å². The fourth-order valence-corrected chi connectivity index (χ4v) is 2.83. The van der Waals surface area contributed by atoms with Crippen molar-refractivity contribution < 1.29 is 35.5 Å². The first kappa shape index (κ1) is 22.3. The Balaban J connectivity index is 1.78. The largest absolute Gasteiger partial charge is 0.434 e. The lowest BCUT2D eigenvalue weighted by molar-refractivity contribution is -0.141. The van der Waals surface area contributed by atoms with Crippen molar-refractivity contribution >= 4 is 5.91 Å². The van der Waals surface area contributed by atoms with Gasteiger partial charge in [0.05, 0.1) is 17.7 Å². The fraction of sp³-hybridized carbons (Fsp3) is 0.143. The summed E-state index contributed by atoms with van der Waals surface area (Å²) in [6, 6.07) is 9.58. The number of pyridine rings is 1. The zero-order valence-electron chi connectivity index (χ0n) is 15.5. The molecule has 0 saturated heterocycles. The molecule has 10 heteroatoms. The van der Waals surface area contributed by atoms with E-state index in [1.54, 1.807) is 5.32 Å². The molecule has 1 N–H and O–H groups in total. The fourth-order valence-electron chi connectivity index (χ4n) is 2.83. The number of hydrogen-bond acceptors (Lipinski definition) is 2. The second-order valence-corrected chi connectivity index (χ2v) is 6.49. The normalized spacial score (nSPS) is 12.0.